The van der Waals surface area contributed by atoms with Gasteiger partial charge in [-0.25, -0.2) is 4.98 Å². The molecule has 3 heteroatoms. The van der Waals surface area contributed by atoms with E-state index in [9.17, 15) is 5.11 Å². The minimum absolute atomic E-state index is 0.522. The zero-order valence-corrected chi connectivity index (χ0v) is 10.7. The number of hydrogen-bond donors (Lipinski definition) is 1. The van der Waals surface area contributed by atoms with Crippen molar-refractivity contribution in [3.05, 3.63) is 54.2 Å². The summed E-state index contributed by atoms with van der Waals surface area (Å²) in [6.45, 7) is 4.65. The predicted molar refractivity (Wildman–Crippen MR) is 74.0 cm³/mol. The van der Waals surface area contributed by atoms with Gasteiger partial charge in [-0.15, -0.1) is 0 Å². The van der Waals surface area contributed by atoms with E-state index in [4.69, 9.17) is 0 Å². The molecule has 1 heterocycles. The molecule has 0 spiro atoms. The molecule has 1 aromatic heterocycles. The van der Waals surface area contributed by atoms with Crippen molar-refractivity contribution in [1.82, 2.24) is 4.98 Å². The highest BCUT2D eigenvalue weighted by molar-refractivity contribution is 5.62. The average Bonchev–Trinajstić information content (AvgIpc) is 2.41. The Bertz CT molecular complexity index is 497. The summed E-state index contributed by atoms with van der Waals surface area (Å²) < 4.78 is 0. The quantitative estimate of drug-likeness (QED) is 0.893. The molecule has 0 aliphatic carbocycles. The zero-order valence-electron chi connectivity index (χ0n) is 10.7. The third kappa shape index (κ3) is 2.51. The summed E-state index contributed by atoms with van der Waals surface area (Å²) in [5.41, 5.74) is 1.93. The number of aliphatic hydroxyl groups excluding tert-OH is 1. The van der Waals surface area contributed by atoms with Crippen molar-refractivity contribution >= 4 is 11.5 Å². The Kier molecular flexibility index (Phi) is 3.95. The molecule has 1 atom stereocenters. The lowest BCUT2D eigenvalue weighted by molar-refractivity contribution is 0.199. The highest BCUT2D eigenvalue weighted by Gasteiger charge is 2.15. The van der Waals surface area contributed by atoms with Gasteiger partial charge in [-0.1, -0.05) is 24.3 Å². The minimum Gasteiger partial charge on any atom is -0.389 e. The van der Waals surface area contributed by atoms with Crippen LogP contribution in [0.4, 0.5) is 11.5 Å². The van der Waals surface area contributed by atoms with Crippen molar-refractivity contribution in [2.45, 2.75) is 20.0 Å². The van der Waals surface area contributed by atoms with E-state index in [1.165, 1.54) is 0 Å². The molecule has 2 aromatic rings. The monoisotopic (exact) mass is 242 g/mol. The van der Waals surface area contributed by atoms with Crippen molar-refractivity contribution in [3.63, 3.8) is 0 Å². The number of aliphatic hydroxyl groups is 1. The molecule has 0 aliphatic rings. The average molecular weight is 242 g/mol. The van der Waals surface area contributed by atoms with Gasteiger partial charge < -0.3 is 10.0 Å². The topological polar surface area (TPSA) is 36.4 Å². The van der Waals surface area contributed by atoms with Gasteiger partial charge in [0.25, 0.3) is 0 Å². The molecule has 2 rings (SSSR count). The molecule has 0 saturated carbocycles. The number of benzene rings is 1. The van der Waals surface area contributed by atoms with Crippen LogP contribution in [0.3, 0.4) is 0 Å². The molecule has 18 heavy (non-hydrogen) atoms. The van der Waals surface area contributed by atoms with Gasteiger partial charge in [-0.3, -0.25) is 0 Å². The third-order valence-electron chi connectivity index (χ3n) is 2.91. The SMILES string of the molecule is CCN(c1ccccc1)c1ncccc1[C@H](C)O. The lowest BCUT2D eigenvalue weighted by Crippen LogP contribution is -2.19. The van der Waals surface area contributed by atoms with E-state index in [-0.39, 0.29) is 0 Å². The number of pyridine rings is 1. The van der Waals surface area contributed by atoms with Crippen LogP contribution in [-0.2, 0) is 0 Å². The molecule has 0 bridgehead atoms. The maximum Gasteiger partial charge on any atom is 0.138 e. The molecule has 1 N–H and O–H groups in total. The van der Waals surface area contributed by atoms with Crippen molar-refractivity contribution in [3.8, 4) is 0 Å². The Labute approximate surface area is 108 Å². The second-order valence-electron chi connectivity index (χ2n) is 4.17. The normalized spacial score (nSPS) is 12.2. The van der Waals surface area contributed by atoms with Crippen LogP contribution in [0.25, 0.3) is 0 Å². The van der Waals surface area contributed by atoms with Crippen LogP contribution >= 0.6 is 0 Å². The lowest BCUT2D eigenvalue weighted by atomic mass is 10.1. The molecule has 0 unspecified atom stereocenters. The molecular weight excluding hydrogens is 224 g/mol. The first-order valence-electron chi connectivity index (χ1n) is 6.19. The van der Waals surface area contributed by atoms with Gasteiger partial charge in [0, 0.05) is 24.0 Å². The van der Waals surface area contributed by atoms with Gasteiger partial charge in [0.1, 0.15) is 5.82 Å². The van der Waals surface area contributed by atoms with E-state index in [0.717, 1.165) is 23.6 Å². The number of nitrogens with zero attached hydrogens (tertiary/aromatic N) is 2. The number of anilines is 2. The fourth-order valence-corrected chi connectivity index (χ4v) is 2.02. The summed E-state index contributed by atoms with van der Waals surface area (Å²) in [6, 6.07) is 13.9. The van der Waals surface area contributed by atoms with Gasteiger partial charge >= 0.3 is 0 Å². The molecule has 94 valence electrons. The summed E-state index contributed by atoms with van der Waals surface area (Å²) in [5, 5.41) is 9.83. The fourth-order valence-electron chi connectivity index (χ4n) is 2.02. The third-order valence-corrected chi connectivity index (χ3v) is 2.91. The van der Waals surface area contributed by atoms with E-state index >= 15 is 0 Å². The van der Waals surface area contributed by atoms with Crippen LogP contribution in [0.1, 0.15) is 25.5 Å². The predicted octanol–water partition coefficient (Wildman–Crippen LogP) is 3.29. The van der Waals surface area contributed by atoms with Crippen LogP contribution in [-0.4, -0.2) is 16.6 Å². The van der Waals surface area contributed by atoms with Crippen LogP contribution in [0.5, 0.6) is 0 Å². The maximum atomic E-state index is 9.83. The Morgan fingerprint density at radius 3 is 2.50 bits per heavy atom. The second-order valence-corrected chi connectivity index (χ2v) is 4.17. The lowest BCUT2D eigenvalue weighted by Gasteiger charge is -2.25. The van der Waals surface area contributed by atoms with E-state index < -0.39 is 6.10 Å². The minimum atomic E-state index is -0.522. The number of hydrogen-bond acceptors (Lipinski definition) is 3. The van der Waals surface area contributed by atoms with Gasteiger partial charge in [0.15, 0.2) is 0 Å². The number of aromatic nitrogens is 1. The Morgan fingerprint density at radius 2 is 1.89 bits per heavy atom. The van der Waals surface area contributed by atoms with Crippen LogP contribution in [0.15, 0.2) is 48.7 Å². The smallest absolute Gasteiger partial charge is 0.138 e. The first-order valence-corrected chi connectivity index (χ1v) is 6.19. The van der Waals surface area contributed by atoms with Gasteiger partial charge in [0.05, 0.1) is 6.10 Å². The van der Waals surface area contributed by atoms with E-state index in [2.05, 4.69) is 16.8 Å². The Hall–Kier alpha value is -1.87. The van der Waals surface area contributed by atoms with Crippen LogP contribution < -0.4 is 4.90 Å². The molecular formula is C15H18N2O. The van der Waals surface area contributed by atoms with Crippen LogP contribution in [0, 0.1) is 0 Å². The van der Waals surface area contributed by atoms with Crippen molar-refractivity contribution in [1.29, 1.82) is 0 Å². The van der Waals surface area contributed by atoms with E-state index in [1.807, 2.05) is 42.5 Å². The Balaban J connectivity index is 2.46. The number of para-hydroxylation sites is 1. The summed E-state index contributed by atoms with van der Waals surface area (Å²) in [6.07, 6.45) is 1.23. The van der Waals surface area contributed by atoms with Gasteiger partial charge in [0.2, 0.25) is 0 Å². The van der Waals surface area contributed by atoms with Crippen molar-refractivity contribution in [2.24, 2.45) is 0 Å². The molecule has 0 aliphatic heterocycles. The summed E-state index contributed by atoms with van der Waals surface area (Å²) in [5.74, 6) is 0.821. The summed E-state index contributed by atoms with van der Waals surface area (Å²) in [7, 11) is 0. The first kappa shape index (κ1) is 12.6. The van der Waals surface area contributed by atoms with Gasteiger partial charge in [-0.2, -0.15) is 0 Å². The highest BCUT2D eigenvalue weighted by Crippen LogP contribution is 2.29. The summed E-state index contributed by atoms with van der Waals surface area (Å²) in [4.78, 5) is 6.51. The molecule has 0 radical (unpaired) electrons. The van der Waals surface area contributed by atoms with Gasteiger partial charge in [-0.05, 0) is 32.0 Å². The highest BCUT2D eigenvalue weighted by atomic mass is 16.3. The van der Waals surface area contributed by atoms with E-state index in [0.29, 0.717) is 0 Å². The molecule has 0 saturated heterocycles. The zero-order chi connectivity index (χ0) is 13.0. The maximum absolute atomic E-state index is 9.83. The first-order chi connectivity index (χ1) is 8.74. The fraction of sp³-hybridized carbons (Fsp3) is 0.267. The largest absolute Gasteiger partial charge is 0.389 e. The number of rotatable bonds is 4. The standard InChI is InChI=1S/C15H18N2O/c1-3-17(13-8-5-4-6-9-13)15-14(12(2)18)10-7-11-16-15/h4-12,18H,3H2,1-2H3/t12-/m0/s1. The van der Waals surface area contributed by atoms with Crippen LogP contribution in [0.2, 0.25) is 0 Å². The molecule has 0 amide bonds. The second kappa shape index (κ2) is 5.65. The van der Waals surface area contributed by atoms with Crippen molar-refractivity contribution < 1.29 is 5.11 Å². The molecule has 1 aromatic carbocycles. The Morgan fingerprint density at radius 1 is 1.17 bits per heavy atom. The molecule has 3 nitrogen and oxygen atoms in total. The molecule has 0 fully saturated rings. The van der Waals surface area contributed by atoms with Crippen molar-refractivity contribution in [2.75, 3.05) is 11.4 Å². The summed E-state index contributed by atoms with van der Waals surface area (Å²) >= 11 is 0. The van der Waals surface area contributed by atoms with E-state index in [1.54, 1.807) is 13.1 Å².